The van der Waals surface area contributed by atoms with Crippen LogP contribution in [-0.4, -0.2) is 12.6 Å². The summed E-state index contributed by atoms with van der Waals surface area (Å²) >= 11 is 0. The van der Waals surface area contributed by atoms with Crippen molar-refractivity contribution in [1.29, 1.82) is 0 Å². The smallest absolute Gasteiger partial charge is 0.123 e. The van der Waals surface area contributed by atoms with E-state index >= 15 is 0 Å². The molecule has 100 valence electrons. The van der Waals surface area contributed by atoms with Crippen molar-refractivity contribution >= 4 is 0 Å². The molecular formula is C16H25NO. The van der Waals surface area contributed by atoms with Gasteiger partial charge < -0.3 is 10.5 Å². The average molecular weight is 247 g/mol. The van der Waals surface area contributed by atoms with E-state index in [1.807, 2.05) is 0 Å². The maximum atomic E-state index is 5.95. The second-order valence-electron chi connectivity index (χ2n) is 5.59. The first-order chi connectivity index (χ1) is 8.72. The molecule has 1 saturated carbocycles. The van der Waals surface area contributed by atoms with Gasteiger partial charge >= 0.3 is 0 Å². The molecule has 2 nitrogen and oxygen atoms in total. The van der Waals surface area contributed by atoms with E-state index in [0.717, 1.165) is 12.3 Å². The van der Waals surface area contributed by atoms with Gasteiger partial charge in [-0.25, -0.2) is 0 Å². The SMILES string of the molecule is CC(C)Oc1ccccc1C1CCCCC1CN. The van der Waals surface area contributed by atoms with Crippen molar-refractivity contribution in [3.05, 3.63) is 29.8 Å². The van der Waals surface area contributed by atoms with Crippen LogP contribution in [0.15, 0.2) is 24.3 Å². The van der Waals surface area contributed by atoms with Gasteiger partial charge in [-0.05, 0) is 56.7 Å². The van der Waals surface area contributed by atoms with Gasteiger partial charge in [-0.1, -0.05) is 31.0 Å². The Kier molecular flexibility index (Phi) is 4.65. The van der Waals surface area contributed by atoms with E-state index in [2.05, 4.69) is 38.1 Å². The van der Waals surface area contributed by atoms with E-state index < -0.39 is 0 Å². The molecule has 2 heteroatoms. The van der Waals surface area contributed by atoms with E-state index in [-0.39, 0.29) is 6.10 Å². The van der Waals surface area contributed by atoms with Gasteiger partial charge in [0, 0.05) is 0 Å². The molecule has 0 radical (unpaired) electrons. The van der Waals surface area contributed by atoms with Crippen LogP contribution in [-0.2, 0) is 0 Å². The Bertz CT molecular complexity index is 375. The Labute approximate surface area is 111 Å². The van der Waals surface area contributed by atoms with Crippen molar-refractivity contribution in [2.24, 2.45) is 11.7 Å². The van der Waals surface area contributed by atoms with Crippen LogP contribution in [0.4, 0.5) is 0 Å². The second kappa shape index (κ2) is 6.24. The molecule has 1 aliphatic rings. The van der Waals surface area contributed by atoms with E-state index in [1.54, 1.807) is 0 Å². The fourth-order valence-corrected chi connectivity index (χ4v) is 3.05. The number of para-hydroxylation sites is 1. The summed E-state index contributed by atoms with van der Waals surface area (Å²) in [5, 5.41) is 0. The van der Waals surface area contributed by atoms with E-state index in [1.165, 1.54) is 31.2 Å². The predicted octanol–water partition coefficient (Wildman–Crippen LogP) is 3.71. The maximum Gasteiger partial charge on any atom is 0.123 e. The van der Waals surface area contributed by atoms with Crippen LogP contribution in [0.5, 0.6) is 5.75 Å². The molecule has 2 N–H and O–H groups in total. The molecule has 2 rings (SSSR count). The molecule has 0 aliphatic heterocycles. The molecule has 0 spiro atoms. The van der Waals surface area contributed by atoms with Gasteiger partial charge in [0.2, 0.25) is 0 Å². The molecule has 0 bridgehead atoms. The lowest BCUT2D eigenvalue weighted by molar-refractivity contribution is 0.231. The number of hydrogen-bond donors (Lipinski definition) is 1. The Morgan fingerprint density at radius 1 is 1.22 bits per heavy atom. The topological polar surface area (TPSA) is 35.2 Å². The number of nitrogens with two attached hydrogens (primary N) is 1. The molecule has 1 aromatic rings. The fraction of sp³-hybridized carbons (Fsp3) is 0.625. The molecule has 0 heterocycles. The van der Waals surface area contributed by atoms with Crippen LogP contribution in [0.3, 0.4) is 0 Å². The lowest BCUT2D eigenvalue weighted by atomic mass is 9.75. The maximum absolute atomic E-state index is 5.95. The third-order valence-corrected chi connectivity index (χ3v) is 3.89. The highest BCUT2D eigenvalue weighted by Crippen LogP contribution is 2.41. The van der Waals surface area contributed by atoms with Crippen molar-refractivity contribution in [3.8, 4) is 5.75 Å². The van der Waals surface area contributed by atoms with Crippen molar-refractivity contribution in [3.63, 3.8) is 0 Å². The second-order valence-corrected chi connectivity index (χ2v) is 5.59. The third kappa shape index (κ3) is 3.05. The van der Waals surface area contributed by atoms with Crippen LogP contribution in [0.1, 0.15) is 51.0 Å². The first-order valence-electron chi connectivity index (χ1n) is 7.18. The molecule has 2 unspecified atom stereocenters. The quantitative estimate of drug-likeness (QED) is 0.880. The summed E-state index contributed by atoms with van der Waals surface area (Å²) in [5.74, 6) is 2.26. The standard InChI is InChI=1S/C16H25NO/c1-12(2)18-16-10-6-5-9-15(16)14-8-4-3-7-13(14)11-17/h5-6,9-10,12-14H,3-4,7-8,11,17H2,1-2H3. The van der Waals surface area contributed by atoms with Gasteiger partial charge in [-0.15, -0.1) is 0 Å². The Hall–Kier alpha value is -1.02. The molecular weight excluding hydrogens is 222 g/mol. The van der Waals surface area contributed by atoms with Crippen molar-refractivity contribution < 1.29 is 4.74 Å². The molecule has 0 aromatic heterocycles. The zero-order chi connectivity index (χ0) is 13.0. The highest BCUT2D eigenvalue weighted by atomic mass is 16.5. The summed E-state index contributed by atoms with van der Waals surface area (Å²) in [6.45, 7) is 4.96. The van der Waals surface area contributed by atoms with Crippen LogP contribution in [0.2, 0.25) is 0 Å². The van der Waals surface area contributed by atoms with Crippen LogP contribution in [0, 0.1) is 5.92 Å². The zero-order valence-electron chi connectivity index (χ0n) is 11.6. The van der Waals surface area contributed by atoms with Crippen LogP contribution < -0.4 is 10.5 Å². The van der Waals surface area contributed by atoms with Gasteiger partial charge in [0.05, 0.1) is 6.10 Å². The minimum atomic E-state index is 0.228. The highest BCUT2D eigenvalue weighted by Gasteiger charge is 2.27. The third-order valence-electron chi connectivity index (χ3n) is 3.89. The van der Waals surface area contributed by atoms with Gasteiger partial charge in [0.15, 0.2) is 0 Å². The molecule has 1 aromatic carbocycles. The normalized spacial score (nSPS) is 24.2. The van der Waals surface area contributed by atoms with Crippen LogP contribution >= 0.6 is 0 Å². The monoisotopic (exact) mass is 247 g/mol. The Balaban J connectivity index is 2.24. The number of hydrogen-bond acceptors (Lipinski definition) is 2. The summed E-state index contributed by atoms with van der Waals surface area (Å²) < 4.78 is 5.95. The first kappa shape index (κ1) is 13.4. The predicted molar refractivity (Wildman–Crippen MR) is 76.0 cm³/mol. The first-order valence-corrected chi connectivity index (χ1v) is 7.18. The number of benzene rings is 1. The molecule has 1 fully saturated rings. The van der Waals surface area contributed by atoms with Crippen molar-refractivity contribution in [2.45, 2.75) is 51.6 Å². The summed E-state index contributed by atoms with van der Waals surface area (Å²) in [6, 6.07) is 8.49. The van der Waals surface area contributed by atoms with Crippen molar-refractivity contribution in [2.75, 3.05) is 6.54 Å². The molecule has 0 amide bonds. The summed E-state index contributed by atoms with van der Waals surface area (Å²) in [7, 11) is 0. The fourth-order valence-electron chi connectivity index (χ4n) is 3.05. The van der Waals surface area contributed by atoms with E-state index in [4.69, 9.17) is 10.5 Å². The minimum Gasteiger partial charge on any atom is -0.491 e. The van der Waals surface area contributed by atoms with Gasteiger partial charge in [0.25, 0.3) is 0 Å². The van der Waals surface area contributed by atoms with Crippen molar-refractivity contribution in [1.82, 2.24) is 0 Å². The summed E-state index contributed by atoms with van der Waals surface area (Å²) in [5.41, 5.74) is 7.30. The average Bonchev–Trinajstić information content (AvgIpc) is 2.39. The molecule has 18 heavy (non-hydrogen) atoms. The minimum absolute atomic E-state index is 0.228. The Morgan fingerprint density at radius 2 is 1.94 bits per heavy atom. The molecule has 1 aliphatic carbocycles. The summed E-state index contributed by atoms with van der Waals surface area (Å²) in [6.07, 6.45) is 5.38. The Morgan fingerprint density at radius 3 is 2.67 bits per heavy atom. The molecule has 2 atom stereocenters. The number of ether oxygens (including phenoxy) is 1. The lowest BCUT2D eigenvalue weighted by Crippen LogP contribution is -2.25. The number of rotatable bonds is 4. The highest BCUT2D eigenvalue weighted by molar-refractivity contribution is 5.37. The van der Waals surface area contributed by atoms with Gasteiger partial charge in [-0.3, -0.25) is 0 Å². The van der Waals surface area contributed by atoms with E-state index in [0.29, 0.717) is 11.8 Å². The van der Waals surface area contributed by atoms with Gasteiger partial charge in [-0.2, -0.15) is 0 Å². The lowest BCUT2D eigenvalue weighted by Gasteiger charge is -2.32. The van der Waals surface area contributed by atoms with Gasteiger partial charge in [0.1, 0.15) is 5.75 Å². The largest absolute Gasteiger partial charge is 0.491 e. The van der Waals surface area contributed by atoms with E-state index in [9.17, 15) is 0 Å². The molecule has 0 saturated heterocycles. The zero-order valence-corrected chi connectivity index (χ0v) is 11.6. The summed E-state index contributed by atoms with van der Waals surface area (Å²) in [4.78, 5) is 0. The van der Waals surface area contributed by atoms with Crippen LogP contribution in [0.25, 0.3) is 0 Å².